The fourth-order valence-corrected chi connectivity index (χ4v) is 1.26. The van der Waals surface area contributed by atoms with Crippen LogP contribution in [-0.4, -0.2) is 0 Å². The Morgan fingerprint density at radius 1 is 1.50 bits per heavy atom. The first kappa shape index (κ1) is 11.2. The van der Waals surface area contributed by atoms with Crippen molar-refractivity contribution in [3.63, 3.8) is 0 Å². The Morgan fingerprint density at radius 3 is 2.58 bits per heavy atom. The summed E-state index contributed by atoms with van der Waals surface area (Å²) in [5.41, 5.74) is 0.859. The van der Waals surface area contributed by atoms with E-state index in [2.05, 4.69) is 26.0 Å². The van der Waals surface area contributed by atoms with Crippen molar-refractivity contribution in [1.29, 1.82) is 5.26 Å². The Kier molecular flexibility index (Phi) is 6.47. The van der Waals surface area contributed by atoms with Gasteiger partial charge in [0.15, 0.2) is 0 Å². The summed E-state index contributed by atoms with van der Waals surface area (Å²) in [4.78, 5) is 0. The summed E-state index contributed by atoms with van der Waals surface area (Å²) in [6.07, 6.45) is 7.00. The highest BCUT2D eigenvalue weighted by Crippen LogP contribution is 2.15. The molecule has 1 nitrogen and oxygen atoms in total. The zero-order valence-corrected chi connectivity index (χ0v) is 8.43. The van der Waals surface area contributed by atoms with E-state index >= 15 is 0 Å². The van der Waals surface area contributed by atoms with Gasteiger partial charge in [0.1, 0.15) is 0 Å². The number of hydrogen-bond donors (Lipinski definition) is 0. The second-order valence-electron chi connectivity index (χ2n) is 3.27. The maximum atomic E-state index is 8.59. The first-order valence-corrected chi connectivity index (χ1v) is 4.83. The molecule has 0 N–H and O–H groups in total. The second-order valence-corrected chi connectivity index (χ2v) is 3.27. The van der Waals surface area contributed by atoms with E-state index in [9.17, 15) is 0 Å². The minimum absolute atomic E-state index is 0.615. The molecule has 0 heterocycles. The lowest BCUT2D eigenvalue weighted by Crippen LogP contribution is -1.94. The van der Waals surface area contributed by atoms with E-state index in [1.165, 1.54) is 19.3 Å². The maximum Gasteiger partial charge on any atom is 0.0940 e. The third-order valence-corrected chi connectivity index (χ3v) is 2.11. The summed E-state index contributed by atoms with van der Waals surface area (Å²) >= 11 is 0. The van der Waals surface area contributed by atoms with Crippen LogP contribution in [0.3, 0.4) is 0 Å². The molecule has 1 heteroatoms. The first-order chi connectivity index (χ1) is 5.74. The van der Waals surface area contributed by atoms with Crippen molar-refractivity contribution in [2.24, 2.45) is 5.92 Å². The fraction of sp³-hybridized carbons (Fsp3) is 0.727. The zero-order chi connectivity index (χ0) is 9.40. The quantitative estimate of drug-likeness (QED) is 0.570. The van der Waals surface area contributed by atoms with Gasteiger partial charge in [-0.25, -0.2) is 0 Å². The Hall–Kier alpha value is -0.770. The highest BCUT2D eigenvalue weighted by atomic mass is 14.2. The van der Waals surface area contributed by atoms with E-state index < -0.39 is 0 Å². The Morgan fingerprint density at radius 2 is 2.17 bits per heavy atom. The molecule has 0 aromatic heterocycles. The Balaban J connectivity index is 3.91. The maximum absolute atomic E-state index is 8.59. The van der Waals surface area contributed by atoms with E-state index in [0.29, 0.717) is 5.92 Å². The van der Waals surface area contributed by atoms with Gasteiger partial charge in [-0.05, 0) is 25.7 Å². The minimum Gasteiger partial charge on any atom is -0.193 e. The van der Waals surface area contributed by atoms with Gasteiger partial charge in [0.25, 0.3) is 0 Å². The molecule has 0 fully saturated rings. The zero-order valence-electron chi connectivity index (χ0n) is 8.43. The molecule has 0 rings (SSSR count). The van der Waals surface area contributed by atoms with Crippen molar-refractivity contribution < 1.29 is 0 Å². The molecule has 0 bridgehead atoms. The van der Waals surface area contributed by atoms with Crippen LogP contribution in [-0.2, 0) is 0 Å². The minimum atomic E-state index is 0.615. The van der Waals surface area contributed by atoms with Gasteiger partial charge in [0, 0.05) is 5.57 Å². The molecule has 0 aliphatic carbocycles. The average Bonchev–Trinajstić information content (AvgIpc) is 2.11. The SMILES string of the molecule is CCCCC(/C=C(/C)C#N)CC. The predicted octanol–water partition coefficient (Wildman–Crippen LogP) is 3.67. The van der Waals surface area contributed by atoms with Gasteiger partial charge in [-0.2, -0.15) is 5.26 Å². The van der Waals surface area contributed by atoms with E-state index in [1.54, 1.807) is 0 Å². The predicted molar refractivity (Wildman–Crippen MR) is 52.7 cm³/mol. The molecule has 0 radical (unpaired) electrons. The molecule has 0 aromatic rings. The molecule has 0 amide bonds. The van der Waals surface area contributed by atoms with Crippen LogP contribution in [0.5, 0.6) is 0 Å². The largest absolute Gasteiger partial charge is 0.193 e. The number of allylic oxidation sites excluding steroid dienone is 2. The van der Waals surface area contributed by atoms with Crippen molar-refractivity contribution in [1.82, 2.24) is 0 Å². The van der Waals surface area contributed by atoms with Crippen LogP contribution in [0.1, 0.15) is 46.5 Å². The summed E-state index contributed by atoms with van der Waals surface area (Å²) in [6.45, 7) is 6.27. The van der Waals surface area contributed by atoms with Crippen molar-refractivity contribution in [2.45, 2.75) is 46.5 Å². The van der Waals surface area contributed by atoms with Crippen LogP contribution in [0.4, 0.5) is 0 Å². The van der Waals surface area contributed by atoms with Crippen LogP contribution in [0.2, 0.25) is 0 Å². The van der Waals surface area contributed by atoms with Gasteiger partial charge in [0.05, 0.1) is 6.07 Å². The van der Waals surface area contributed by atoms with Gasteiger partial charge < -0.3 is 0 Å². The van der Waals surface area contributed by atoms with Gasteiger partial charge in [-0.3, -0.25) is 0 Å². The van der Waals surface area contributed by atoms with Crippen LogP contribution in [0.25, 0.3) is 0 Å². The molecule has 0 saturated heterocycles. The number of rotatable bonds is 5. The molecule has 1 unspecified atom stereocenters. The highest BCUT2D eigenvalue weighted by molar-refractivity contribution is 5.18. The van der Waals surface area contributed by atoms with Gasteiger partial charge in [0.2, 0.25) is 0 Å². The molecule has 0 saturated carbocycles. The van der Waals surface area contributed by atoms with Gasteiger partial charge >= 0.3 is 0 Å². The standard InChI is InChI=1S/C11H19N/c1-4-6-7-11(5-2)8-10(3)9-12/h8,11H,4-7H2,1-3H3/b10-8-. The molecular formula is C11H19N. The summed E-state index contributed by atoms with van der Waals surface area (Å²) < 4.78 is 0. The number of nitriles is 1. The van der Waals surface area contributed by atoms with Gasteiger partial charge in [-0.15, -0.1) is 0 Å². The van der Waals surface area contributed by atoms with Crippen molar-refractivity contribution in [3.8, 4) is 6.07 Å². The monoisotopic (exact) mass is 165 g/mol. The van der Waals surface area contributed by atoms with E-state index in [-0.39, 0.29) is 0 Å². The lowest BCUT2D eigenvalue weighted by Gasteiger charge is -2.08. The topological polar surface area (TPSA) is 23.8 Å². The second kappa shape index (κ2) is 6.91. The summed E-state index contributed by atoms with van der Waals surface area (Å²) in [6, 6.07) is 2.17. The van der Waals surface area contributed by atoms with Crippen molar-refractivity contribution >= 4 is 0 Å². The Labute approximate surface area is 76.1 Å². The number of unbranched alkanes of at least 4 members (excludes halogenated alkanes) is 1. The Bertz CT molecular complexity index is 174. The summed E-state index contributed by atoms with van der Waals surface area (Å²) in [5.74, 6) is 0.615. The molecule has 12 heavy (non-hydrogen) atoms. The highest BCUT2D eigenvalue weighted by Gasteiger charge is 2.01. The van der Waals surface area contributed by atoms with Crippen LogP contribution in [0, 0.1) is 17.2 Å². The number of nitrogens with zero attached hydrogens (tertiary/aromatic N) is 1. The summed E-state index contributed by atoms with van der Waals surface area (Å²) in [7, 11) is 0. The molecule has 0 spiro atoms. The van der Waals surface area contributed by atoms with Crippen LogP contribution in [0.15, 0.2) is 11.6 Å². The van der Waals surface area contributed by atoms with Gasteiger partial charge in [-0.1, -0.05) is 32.8 Å². The average molecular weight is 165 g/mol. The van der Waals surface area contributed by atoms with Crippen LogP contribution >= 0.6 is 0 Å². The molecular weight excluding hydrogens is 146 g/mol. The normalized spacial score (nSPS) is 14.0. The lowest BCUT2D eigenvalue weighted by atomic mass is 9.97. The summed E-state index contributed by atoms with van der Waals surface area (Å²) in [5, 5.41) is 8.59. The van der Waals surface area contributed by atoms with E-state index in [4.69, 9.17) is 5.26 Å². The van der Waals surface area contributed by atoms with Crippen molar-refractivity contribution in [2.75, 3.05) is 0 Å². The smallest absolute Gasteiger partial charge is 0.0940 e. The third-order valence-electron chi connectivity index (χ3n) is 2.11. The fourth-order valence-electron chi connectivity index (χ4n) is 1.26. The van der Waals surface area contributed by atoms with E-state index in [1.807, 2.05) is 6.92 Å². The first-order valence-electron chi connectivity index (χ1n) is 4.83. The lowest BCUT2D eigenvalue weighted by molar-refractivity contribution is 0.538. The third kappa shape index (κ3) is 4.96. The van der Waals surface area contributed by atoms with Crippen molar-refractivity contribution in [3.05, 3.63) is 11.6 Å². The number of hydrogen-bond acceptors (Lipinski definition) is 1. The molecule has 0 aliphatic heterocycles. The molecule has 68 valence electrons. The molecule has 1 atom stereocenters. The van der Waals surface area contributed by atoms with Crippen LogP contribution < -0.4 is 0 Å². The van der Waals surface area contributed by atoms with E-state index in [0.717, 1.165) is 12.0 Å². The molecule has 0 aromatic carbocycles. The molecule has 0 aliphatic rings.